The molecule has 2 rings (SSSR count). The van der Waals surface area contributed by atoms with Gasteiger partial charge in [-0.3, -0.25) is 4.98 Å². The molecule has 0 aliphatic carbocycles. The van der Waals surface area contributed by atoms with Gasteiger partial charge in [-0.25, -0.2) is 4.21 Å². The Kier molecular flexibility index (Phi) is 3.69. The van der Waals surface area contributed by atoms with E-state index in [1.807, 2.05) is 25.1 Å². The Labute approximate surface area is 108 Å². The molecule has 92 valence electrons. The van der Waals surface area contributed by atoms with Crippen molar-refractivity contribution in [2.45, 2.75) is 11.8 Å². The number of hydrogen-bond acceptors (Lipinski definition) is 2. The van der Waals surface area contributed by atoms with Crippen LogP contribution in [-0.4, -0.2) is 13.7 Å². The summed E-state index contributed by atoms with van der Waals surface area (Å²) in [5.74, 6) is 0. The van der Waals surface area contributed by atoms with Crippen molar-refractivity contribution in [1.82, 2.24) is 4.98 Å². The molecule has 1 heterocycles. The van der Waals surface area contributed by atoms with Crippen molar-refractivity contribution in [3.8, 4) is 11.1 Å². The van der Waals surface area contributed by atoms with Gasteiger partial charge in [0, 0.05) is 23.5 Å². The van der Waals surface area contributed by atoms with Gasteiger partial charge in [-0.15, -0.1) is 0 Å². The first kappa shape index (κ1) is 12.7. The summed E-state index contributed by atoms with van der Waals surface area (Å²) in [6, 6.07) is 9.05. The van der Waals surface area contributed by atoms with Gasteiger partial charge >= 0.3 is 0 Å². The number of allylic oxidation sites excluding steroid dienone is 1. The summed E-state index contributed by atoms with van der Waals surface area (Å²) in [6.45, 7) is 5.71. The third kappa shape index (κ3) is 2.39. The predicted octanol–water partition coefficient (Wildman–Crippen LogP) is 3.36. The van der Waals surface area contributed by atoms with Gasteiger partial charge in [0.25, 0.3) is 0 Å². The molecule has 1 N–H and O–H groups in total. The normalized spacial score (nSPS) is 12.1. The quantitative estimate of drug-likeness (QED) is 0.860. The summed E-state index contributed by atoms with van der Waals surface area (Å²) in [5.41, 5.74) is 3.25. The Hall–Kier alpha value is -1.78. The minimum Gasteiger partial charge on any atom is -0.302 e. The van der Waals surface area contributed by atoms with Gasteiger partial charge < -0.3 is 4.55 Å². The molecular weight excluding hydrogens is 246 g/mol. The van der Waals surface area contributed by atoms with Crippen LogP contribution < -0.4 is 0 Å². The van der Waals surface area contributed by atoms with Crippen LogP contribution in [0.1, 0.15) is 12.5 Å². The summed E-state index contributed by atoms with van der Waals surface area (Å²) >= 11 is -2.03. The number of rotatable bonds is 3. The lowest BCUT2D eigenvalue weighted by molar-refractivity contribution is 0.564. The molecule has 18 heavy (non-hydrogen) atoms. The Morgan fingerprint density at radius 2 is 2.11 bits per heavy atom. The van der Waals surface area contributed by atoms with Crippen molar-refractivity contribution in [1.29, 1.82) is 0 Å². The number of hydrogen-bond donors (Lipinski definition) is 1. The van der Waals surface area contributed by atoms with Crippen LogP contribution in [0, 0.1) is 0 Å². The van der Waals surface area contributed by atoms with Crippen molar-refractivity contribution in [2.24, 2.45) is 0 Å². The molecule has 0 aliphatic rings. The first-order valence-electron chi connectivity index (χ1n) is 5.41. The Morgan fingerprint density at radius 3 is 2.67 bits per heavy atom. The van der Waals surface area contributed by atoms with Crippen molar-refractivity contribution in [3.05, 3.63) is 54.9 Å². The van der Waals surface area contributed by atoms with E-state index in [-0.39, 0.29) is 0 Å². The van der Waals surface area contributed by atoms with Crippen LogP contribution >= 0.6 is 0 Å². The van der Waals surface area contributed by atoms with Crippen molar-refractivity contribution >= 4 is 16.7 Å². The minimum atomic E-state index is -2.03. The van der Waals surface area contributed by atoms with E-state index in [1.165, 1.54) is 0 Å². The van der Waals surface area contributed by atoms with Crippen molar-refractivity contribution in [2.75, 3.05) is 0 Å². The van der Waals surface area contributed by atoms with Gasteiger partial charge in [-0.1, -0.05) is 24.8 Å². The van der Waals surface area contributed by atoms with E-state index in [9.17, 15) is 8.76 Å². The highest BCUT2D eigenvalue weighted by Crippen LogP contribution is 2.31. The largest absolute Gasteiger partial charge is 0.302 e. The van der Waals surface area contributed by atoms with Gasteiger partial charge in [0.15, 0.2) is 11.1 Å². The van der Waals surface area contributed by atoms with Crippen molar-refractivity contribution < 1.29 is 8.76 Å². The highest BCUT2D eigenvalue weighted by Gasteiger charge is 2.14. The van der Waals surface area contributed by atoms with Crippen LogP contribution in [0.5, 0.6) is 0 Å². The van der Waals surface area contributed by atoms with E-state index in [1.54, 1.807) is 24.5 Å². The lowest BCUT2D eigenvalue weighted by atomic mass is 9.97. The van der Waals surface area contributed by atoms with Crippen molar-refractivity contribution in [3.63, 3.8) is 0 Å². The number of aromatic nitrogens is 1. The smallest absolute Gasteiger partial charge is 0.187 e. The molecule has 4 heteroatoms. The molecule has 0 aliphatic heterocycles. The number of pyridine rings is 1. The zero-order chi connectivity index (χ0) is 13.1. The summed E-state index contributed by atoms with van der Waals surface area (Å²) in [7, 11) is 0. The summed E-state index contributed by atoms with van der Waals surface area (Å²) < 4.78 is 20.7. The van der Waals surface area contributed by atoms with E-state index in [4.69, 9.17) is 0 Å². The lowest BCUT2D eigenvalue weighted by Gasteiger charge is -2.12. The Bertz CT molecular complexity index is 608. The van der Waals surface area contributed by atoms with Gasteiger partial charge in [0.1, 0.15) is 0 Å². The van der Waals surface area contributed by atoms with E-state index in [0.717, 1.165) is 16.7 Å². The van der Waals surface area contributed by atoms with Crippen LogP contribution in [-0.2, 0) is 11.1 Å². The molecule has 2 aromatic rings. The second-order valence-corrected chi connectivity index (χ2v) is 4.89. The molecule has 0 amide bonds. The standard InChI is InChI=1S/C14H13NO2S/c1-10(2)14-12(11-5-4-8-15-9-11)6-3-7-13(14)18(16)17/h3-9H,1H2,2H3,(H,16,17). The molecule has 0 radical (unpaired) electrons. The fourth-order valence-corrected chi connectivity index (χ4v) is 2.53. The molecule has 0 saturated heterocycles. The summed E-state index contributed by atoms with van der Waals surface area (Å²) in [5, 5.41) is 0. The van der Waals surface area contributed by atoms with Gasteiger partial charge in [0.05, 0.1) is 4.90 Å². The third-order valence-electron chi connectivity index (χ3n) is 2.61. The Balaban J connectivity index is 2.72. The molecule has 1 atom stereocenters. The summed E-state index contributed by atoms with van der Waals surface area (Å²) in [4.78, 5) is 4.45. The number of nitrogens with zero attached hydrogens (tertiary/aromatic N) is 1. The van der Waals surface area contributed by atoms with E-state index in [2.05, 4.69) is 11.6 Å². The van der Waals surface area contributed by atoms with Gasteiger partial charge in [-0.2, -0.15) is 0 Å². The monoisotopic (exact) mass is 259 g/mol. The maximum absolute atomic E-state index is 11.4. The first-order chi connectivity index (χ1) is 8.61. The highest BCUT2D eigenvalue weighted by molar-refractivity contribution is 7.79. The Morgan fingerprint density at radius 1 is 1.33 bits per heavy atom. The first-order valence-corrected chi connectivity index (χ1v) is 6.52. The lowest BCUT2D eigenvalue weighted by Crippen LogP contribution is -1.97. The van der Waals surface area contributed by atoms with Crippen LogP contribution in [0.4, 0.5) is 0 Å². The zero-order valence-corrected chi connectivity index (χ0v) is 10.8. The molecule has 0 fully saturated rings. The van der Waals surface area contributed by atoms with E-state index >= 15 is 0 Å². The maximum atomic E-state index is 11.4. The molecular formula is C14H13NO2S. The second-order valence-electron chi connectivity index (χ2n) is 3.95. The SMILES string of the molecule is C=C(C)c1c(-c2cccnc2)cccc1S(=O)O. The highest BCUT2D eigenvalue weighted by atomic mass is 32.2. The third-order valence-corrected chi connectivity index (χ3v) is 3.33. The second kappa shape index (κ2) is 5.25. The molecule has 1 unspecified atom stereocenters. The van der Waals surface area contributed by atoms with Crippen LogP contribution in [0.2, 0.25) is 0 Å². The molecule has 0 bridgehead atoms. The van der Waals surface area contributed by atoms with Gasteiger partial charge in [0.2, 0.25) is 0 Å². The molecule has 1 aromatic heterocycles. The van der Waals surface area contributed by atoms with E-state index < -0.39 is 11.1 Å². The molecule has 0 saturated carbocycles. The van der Waals surface area contributed by atoms with Gasteiger partial charge in [-0.05, 0) is 30.2 Å². The average Bonchev–Trinajstić information content (AvgIpc) is 2.38. The number of benzene rings is 1. The molecule has 3 nitrogen and oxygen atoms in total. The van der Waals surface area contributed by atoms with Crippen LogP contribution in [0.3, 0.4) is 0 Å². The topological polar surface area (TPSA) is 50.2 Å². The average molecular weight is 259 g/mol. The molecule has 1 aromatic carbocycles. The molecule has 0 spiro atoms. The predicted molar refractivity (Wildman–Crippen MR) is 73.4 cm³/mol. The fraction of sp³-hybridized carbons (Fsp3) is 0.0714. The van der Waals surface area contributed by atoms with E-state index in [0.29, 0.717) is 10.5 Å². The maximum Gasteiger partial charge on any atom is 0.187 e. The van der Waals surface area contributed by atoms with Crippen LogP contribution in [0.25, 0.3) is 16.7 Å². The minimum absolute atomic E-state index is 0.379. The fourth-order valence-electron chi connectivity index (χ4n) is 1.88. The van der Waals surface area contributed by atoms with Crippen LogP contribution in [0.15, 0.2) is 54.2 Å². The zero-order valence-electron chi connectivity index (χ0n) is 9.96. The summed E-state index contributed by atoms with van der Waals surface area (Å²) in [6.07, 6.45) is 3.42.